The number of nitrogens with one attached hydrogen (secondary N) is 1. The SMILES string of the molecule is CNC(COc1cccc(F)c1)C1CC1. The van der Waals surface area contributed by atoms with Gasteiger partial charge in [0.25, 0.3) is 0 Å². The summed E-state index contributed by atoms with van der Waals surface area (Å²) in [6.45, 7) is 0.616. The van der Waals surface area contributed by atoms with E-state index in [1.54, 1.807) is 12.1 Å². The van der Waals surface area contributed by atoms with E-state index in [1.807, 2.05) is 7.05 Å². The summed E-state index contributed by atoms with van der Waals surface area (Å²) in [7, 11) is 1.94. The second-order valence-electron chi connectivity index (χ2n) is 4.00. The molecule has 82 valence electrons. The normalized spacial score (nSPS) is 17.5. The molecular weight excluding hydrogens is 193 g/mol. The first kappa shape index (κ1) is 10.4. The summed E-state index contributed by atoms with van der Waals surface area (Å²) in [5.74, 6) is 1.10. The number of likely N-dealkylation sites (N-methyl/N-ethyl adjacent to an activating group) is 1. The van der Waals surface area contributed by atoms with Crippen LogP contribution in [0.1, 0.15) is 12.8 Å². The first-order valence-corrected chi connectivity index (χ1v) is 5.35. The Hall–Kier alpha value is -1.09. The molecule has 2 nitrogen and oxygen atoms in total. The molecule has 1 unspecified atom stereocenters. The Morgan fingerprint density at radius 2 is 2.33 bits per heavy atom. The Kier molecular flexibility index (Phi) is 3.21. The molecule has 1 aliphatic carbocycles. The van der Waals surface area contributed by atoms with Gasteiger partial charge in [0.05, 0.1) is 0 Å². The molecule has 0 radical (unpaired) electrons. The maximum atomic E-state index is 12.8. The van der Waals surface area contributed by atoms with Crippen molar-refractivity contribution in [2.45, 2.75) is 18.9 Å². The molecule has 0 saturated heterocycles. The standard InChI is InChI=1S/C12H16FNO/c1-14-12(9-5-6-9)8-15-11-4-2-3-10(13)7-11/h2-4,7,9,12,14H,5-6,8H2,1H3. The molecule has 2 rings (SSSR count). The number of hydrogen-bond acceptors (Lipinski definition) is 2. The van der Waals surface area contributed by atoms with Crippen molar-refractivity contribution in [2.75, 3.05) is 13.7 Å². The molecule has 1 aromatic carbocycles. The minimum absolute atomic E-state index is 0.250. The van der Waals surface area contributed by atoms with Crippen LogP contribution in [-0.4, -0.2) is 19.7 Å². The van der Waals surface area contributed by atoms with Crippen molar-refractivity contribution in [3.05, 3.63) is 30.1 Å². The molecule has 1 fully saturated rings. The fourth-order valence-electron chi connectivity index (χ4n) is 1.70. The van der Waals surface area contributed by atoms with Gasteiger partial charge in [0.1, 0.15) is 18.2 Å². The number of ether oxygens (including phenoxy) is 1. The zero-order valence-corrected chi connectivity index (χ0v) is 8.87. The van der Waals surface area contributed by atoms with Gasteiger partial charge in [-0.15, -0.1) is 0 Å². The second-order valence-corrected chi connectivity index (χ2v) is 4.00. The fourth-order valence-corrected chi connectivity index (χ4v) is 1.70. The van der Waals surface area contributed by atoms with Crippen molar-refractivity contribution < 1.29 is 9.13 Å². The van der Waals surface area contributed by atoms with Crippen LogP contribution in [0.3, 0.4) is 0 Å². The molecule has 0 spiro atoms. The van der Waals surface area contributed by atoms with E-state index >= 15 is 0 Å². The van der Waals surface area contributed by atoms with Crippen molar-refractivity contribution >= 4 is 0 Å². The Morgan fingerprint density at radius 1 is 1.53 bits per heavy atom. The van der Waals surface area contributed by atoms with Gasteiger partial charge >= 0.3 is 0 Å². The molecule has 0 heterocycles. The van der Waals surface area contributed by atoms with Crippen LogP contribution in [0, 0.1) is 11.7 Å². The number of benzene rings is 1. The zero-order chi connectivity index (χ0) is 10.7. The van der Waals surface area contributed by atoms with Crippen molar-refractivity contribution in [2.24, 2.45) is 5.92 Å². The highest BCUT2D eigenvalue weighted by Crippen LogP contribution is 2.32. The van der Waals surface area contributed by atoms with Gasteiger partial charge in [-0.3, -0.25) is 0 Å². The average Bonchev–Trinajstić information content (AvgIpc) is 3.03. The lowest BCUT2D eigenvalue weighted by atomic mass is 10.2. The van der Waals surface area contributed by atoms with Gasteiger partial charge < -0.3 is 10.1 Å². The van der Waals surface area contributed by atoms with Crippen LogP contribution in [0.25, 0.3) is 0 Å². The monoisotopic (exact) mass is 209 g/mol. The quantitative estimate of drug-likeness (QED) is 0.802. The maximum absolute atomic E-state index is 12.8. The van der Waals surface area contributed by atoms with E-state index in [2.05, 4.69) is 5.32 Å². The van der Waals surface area contributed by atoms with E-state index in [0.29, 0.717) is 18.4 Å². The summed E-state index contributed by atoms with van der Waals surface area (Å²) in [5.41, 5.74) is 0. The molecule has 15 heavy (non-hydrogen) atoms. The highest BCUT2D eigenvalue weighted by Gasteiger charge is 2.30. The van der Waals surface area contributed by atoms with Crippen LogP contribution in [0.5, 0.6) is 5.75 Å². The topological polar surface area (TPSA) is 21.3 Å². The molecule has 3 heteroatoms. The van der Waals surface area contributed by atoms with Crippen molar-refractivity contribution in [3.63, 3.8) is 0 Å². The third-order valence-electron chi connectivity index (χ3n) is 2.79. The average molecular weight is 209 g/mol. The zero-order valence-electron chi connectivity index (χ0n) is 8.87. The summed E-state index contributed by atoms with van der Waals surface area (Å²) in [4.78, 5) is 0. The molecule has 1 N–H and O–H groups in total. The summed E-state index contributed by atoms with van der Waals surface area (Å²) in [6.07, 6.45) is 2.55. The van der Waals surface area contributed by atoms with Crippen molar-refractivity contribution in [1.29, 1.82) is 0 Å². The highest BCUT2D eigenvalue weighted by atomic mass is 19.1. The van der Waals surface area contributed by atoms with Crippen LogP contribution < -0.4 is 10.1 Å². The Balaban J connectivity index is 1.86. The van der Waals surface area contributed by atoms with Crippen molar-refractivity contribution in [1.82, 2.24) is 5.32 Å². The van der Waals surface area contributed by atoms with E-state index in [9.17, 15) is 4.39 Å². The molecule has 1 atom stereocenters. The van der Waals surface area contributed by atoms with E-state index in [0.717, 1.165) is 5.92 Å². The van der Waals surface area contributed by atoms with E-state index in [-0.39, 0.29) is 5.82 Å². The molecule has 1 aromatic rings. The predicted molar refractivity (Wildman–Crippen MR) is 57.5 cm³/mol. The van der Waals surface area contributed by atoms with Gasteiger partial charge in [0.15, 0.2) is 0 Å². The molecule has 0 aromatic heterocycles. The highest BCUT2D eigenvalue weighted by molar-refractivity contribution is 5.22. The van der Waals surface area contributed by atoms with Crippen LogP contribution in [0.2, 0.25) is 0 Å². The van der Waals surface area contributed by atoms with Gasteiger partial charge in [-0.25, -0.2) is 4.39 Å². The van der Waals surface area contributed by atoms with Gasteiger partial charge in [-0.05, 0) is 37.9 Å². The minimum atomic E-state index is -0.250. The summed E-state index contributed by atoms with van der Waals surface area (Å²) >= 11 is 0. The van der Waals surface area contributed by atoms with Gasteiger partial charge in [0.2, 0.25) is 0 Å². The Morgan fingerprint density at radius 3 is 2.93 bits per heavy atom. The first-order valence-electron chi connectivity index (χ1n) is 5.35. The summed E-state index contributed by atoms with van der Waals surface area (Å²) in [5, 5.41) is 3.23. The third-order valence-corrected chi connectivity index (χ3v) is 2.79. The number of halogens is 1. The number of hydrogen-bond donors (Lipinski definition) is 1. The largest absolute Gasteiger partial charge is 0.492 e. The minimum Gasteiger partial charge on any atom is -0.492 e. The molecule has 1 aliphatic rings. The molecule has 0 amide bonds. The first-order chi connectivity index (χ1) is 7.29. The number of rotatable bonds is 5. The lowest BCUT2D eigenvalue weighted by molar-refractivity contribution is 0.255. The Bertz CT molecular complexity index is 325. The van der Waals surface area contributed by atoms with Crippen LogP contribution in [-0.2, 0) is 0 Å². The summed E-state index contributed by atoms with van der Waals surface area (Å²) < 4.78 is 18.4. The van der Waals surface area contributed by atoms with Crippen LogP contribution in [0.15, 0.2) is 24.3 Å². The smallest absolute Gasteiger partial charge is 0.126 e. The van der Waals surface area contributed by atoms with Gasteiger partial charge in [0, 0.05) is 12.1 Å². The maximum Gasteiger partial charge on any atom is 0.126 e. The van der Waals surface area contributed by atoms with Crippen LogP contribution in [0.4, 0.5) is 4.39 Å². The molecule has 1 saturated carbocycles. The second kappa shape index (κ2) is 4.62. The fraction of sp³-hybridized carbons (Fsp3) is 0.500. The lowest BCUT2D eigenvalue weighted by Gasteiger charge is -2.16. The van der Waals surface area contributed by atoms with E-state index in [1.165, 1.54) is 25.0 Å². The van der Waals surface area contributed by atoms with Crippen LogP contribution >= 0.6 is 0 Å². The molecular formula is C12H16FNO. The third kappa shape index (κ3) is 2.93. The molecule has 0 aliphatic heterocycles. The van der Waals surface area contributed by atoms with Gasteiger partial charge in [-0.1, -0.05) is 6.07 Å². The lowest BCUT2D eigenvalue weighted by Crippen LogP contribution is -2.33. The predicted octanol–water partition coefficient (Wildman–Crippen LogP) is 2.20. The van der Waals surface area contributed by atoms with E-state index < -0.39 is 0 Å². The summed E-state index contributed by atoms with van der Waals surface area (Å²) in [6, 6.07) is 6.68. The van der Waals surface area contributed by atoms with Crippen molar-refractivity contribution in [3.8, 4) is 5.75 Å². The Labute approximate surface area is 89.4 Å². The van der Waals surface area contributed by atoms with Gasteiger partial charge in [-0.2, -0.15) is 0 Å². The molecule has 0 bridgehead atoms. The van der Waals surface area contributed by atoms with E-state index in [4.69, 9.17) is 4.74 Å².